The van der Waals surface area contributed by atoms with Gasteiger partial charge in [0.2, 0.25) is 0 Å². The Morgan fingerprint density at radius 1 is 0.571 bits per heavy atom. The number of amides is 4. The van der Waals surface area contributed by atoms with E-state index in [0.29, 0.717) is 39.1 Å². The van der Waals surface area contributed by atoms with E-state index in [2.05, 4.69) is 94.7 Å². The van der Waals surface area contributed by atoms with Gasteiger partial charge in [0, 0.05) is 69.3 Å². The first-order chi connectivity index (χ1) is 35.9. The monoisotopic (exact) mass is 1140 g/mol. The summed E-state index contributed by atoms with van der Waals surface area (Å²) in [5, 5.41) is 14.9. The van der Waals surface area contributed by atoms with Crippen LogP contribution < -0.4 is 5.48 Å². The Morgan fingerprint density at radius 2 is 0.935 bits per heavy atom. The second-order valence-corrected chi connectivity index (χ2v) is 23.4. The molecular weight excluding hydrogens is 1050 g/mol. The van der Waals surface area contributed by atoms with Crippen molar-refractivity contribution in [2.24, 2.45) is 17.8 Å². The molecule has 4 aromatic rings. The molecule has 0 saturated carbocycles. The number of aryl methyl sites for hydroxylation is 2. The number of hydrogen-bond donors (Lipinski definition) is 2. The molecule has 4 amide bonds. The van der Waals surface area contributed by atoms with Crippen LogP contribution >= 0.6 is 15.9 Å². The quantitative estimate of drug-likeness (QED) is 0.105. The number of rotatable bonds is 6. The van der Waals surface area contributed by atoms with E-state index in [1.165, 1.54) is 39.0 Å². The highest BCUT2D eigenvalue weighted by molar-refractivity contribution is 9.10. The normalized spacial score (nSPS) is 17.6. The highest BCUT2D eigenvalue weighted by Crippen LogP contribution is 2.27. The Labute approximate surface area is 465 Å². The molecule has 7 rings (SSSR count). The second-order valence-electron chi connectivity index (χ2n) is 22.5. The van der Waals surface area contributed by atoms with Crippen LogP contribution in [0.4, 0.5) is 14.4 Å². The van der Waals surface area contributed by atoms with Gasteiger partial charge in [0.15, 0.2) is 5.78 Å². The van der Waals surface area contributed by atoms with E-state index < -0.39 is 34.8 Å². The molecule has 3 heterocycles. The topological polar surface area (TPSA) is 194 Å². The fourth-order valence-corrected chi connectivity index (χ4v) is 8.84. The summed E-state index contributed by atoms with van der Waals surface area (Å²) < 4.78 is 17.1. The number of Topliss-reactive ketones (excluding diaryl/α,β-unsaturated/α-hetero) is 1. The fraction of sp³-hybridized carbons (Fsp3) is 0.559. The van der Waals surface area contributed by atoms with Gasteiger partial charge in [-0.05, 0) is 154 Å². The van der Waals surface area contributed by atoms with Crippen molar-refractivity contribution in [2.45, 2.75) is 131 Å². The number of ketones is 1. The molecule has 3 aliphatic rings. The van der Waals surface area contributed by atoms with Gasteiger partial charge < -0.3 is 38.9 Å². The van der Waals surface area contributed by atoms with E-state index in [4.69, 9.17) is 24.2 Å². The molecule has 3 atom stereocenters. The molecule has 0 spiro atoms. The van der Waals surface area contributed by atoms with Gasteiger partial charge in [-0.3, -0.25) is 19.2 Å². The molecule has 426 valence electrons. The van der Waals surface area contributed by atoms with Gasteiger partial charge in [-0.1, -0.05) is 81.7 Å². The second kappa shape index (κ2) is 30.4. The maximum Gasteiger partial charge on any atom is 0.410 e. The van der Waals surface area contributed by atoms with Crippen molar-refractivity contribution in [3.05, 3.63) is 94.0 Å². The van der Waals surface area contributed by atoms with Crippen LogP contribution in [0.2, 0.25) is 0 Å². The molecule has 0 bridgehead atoms. The van der Waals surface area contributed by atoms with Crippen LogP contribution in [-0.2, 0) is 33.5 Å². The maximum atomic E-state index is 13.0. The van der Waals surface area contributed by atoms with Gasteiger partial charge in [-0.15, -0.1) is 0 Å². The number of benzene rings is 4. The maximum absolute atomic E-state index is 13.0. The van der Waals surface area contributed by atoms with Crippen molar-refractivity contribution in [3.63, 3.8) is 0 Å². The van der Waals surface area contributed by atoms with Crippen LogP contribution in [0, 0.1) is 31.6 Å². The summed E-state index contributed by atoms with van der Waals surface area (Å²) in [7, 11) is 6.31. The zero-order valence-corrected chi connectivity index (χ0v) is 49.8. The molecule has 18 heteroatoms. The summed E-state index contributed by atoms with van der Waals surface area (Å²) in [4.78, 5) is 85.7. The predicted molar refractivity (Wildman–Crippen MR) is 304 cm³/mol. The first-order valence-electron chi connectivity index (χ1n) is 26.3. The number of carboxylic acid groups (broad SMARTS) is 1. The van der Waals surface area contributed by atoms with Crippen molar-refractivity contribution in [3.8, 4) is 0 Å². The van der Waals surface area contributed by atoms with Gasteiger partial charge in [0.25, 0.3) is 5.91 Å². The number of fused-ring (bicyclic) bond motifs is 2. The first kappa shape index (κ1) is 65.5. The highest BCUT2D eigenvalue weighted by atomic mass is 79.9. The van der Waals surface area contributed by atoms with E-state index in [1.54, 1.807) is 51.8 Å². The molecule has 3 aliphatic heterocycles. The van der Waals surface area contributed by atoms with E-state index in [0.717, 1.165) is 52.9 Å². The van der Waals surface area contributed by atoms with Crippen LogP contribution in [0.15, 0.2) is 77.3 Å². The summed E-state index contributed by atoms with van der Waals surface area (Å²) >= 11 is 3.45. The smallest absolute Gasteiger partial charge is 0.410 e. The molecular formula is C59H86BrN5O12. The first-order valence-corrected chi connectivity index (χ1v) is 27.1. The third-order valence-corrected chi connectivity index (χ3v) is 12.8. The number of nitrogens with zero attached hydrogens (tertiary/aromatic N) is 4. The minimum absolute atomic E-state index is 0.101. The Hall–Kier alpha value is -5.82. The number of nitrogens with one attached hydrogen (secondary N) is 1. The van der Waals surface area contributed by atoms with E-state index in [-0.39, 0.29) is 42.3 Å². The number of carboxylic acids is 1. The molecule has 3 saturated heterocycles. The third-order valence-electron chi connectivity index (χ3n) is 12.3. The lowest BCUT2D eigenvalue weighted by Crippen LogP contribution is -2.47. The predicted octanol–water partition coefficient (Wildman–Crippen LogP) is 12.0. The van der Waals surface area contributed by atoms with E-state index in [9.17, 15) is 28.8 Å². The number of likely N-dealkylation sites (tertiary alicyclic amines) is 3. The summed E-state index contributed by atoms with van der Waals surface area (Å²) in [5.41, 5.74) is 4.09. The SMILES string of the molecule is CC(C)(C)OC(=O)N1CCCC(C(=O)O)C1.CNOC.CON(C)C(=O)C1CCCN(C(=O)OC(C)(C)C)C1.Cc1ccc2cc(Br)ccc2c1.Cc1ccc2cc(C(=O)C3CCCN(C(=O)OC(C)(C)C)C3)ccc2c1. The lowest BCUT2D eigenvalue weighted by molar-refractivity contribution is -0.174. The molecule has 2 N–H and O–H groups in total. The van der Waals surface area contributed by atoms with Crippen molar-refractivity contribution in [1.82, 2.24) is 25.2 Å². The number of carbonyl (C=O) groups is 6. The standard InChI is InChI=1S/C22H27NO3.C13H24N2O4.C11H9Br.C11H19NO4.C2H7NO/c1-15-7-8-17-13-18(10-9-16(17)12-15)20(24)19-6-5-11-23(14-19)21(25)26-22(2,3)4;1-13(2,3)19-12(17)15-8-6-7-10(9-15)11(16)14(4)18-5;1-8-2-3-10-7-11(12)5-4-9(10)6-8;1-11(2,3)16-10(15)12-6-4-5-8(7-12)9(13)14;1-3-4-2/h7-10,12-13,19H,5-6,11,14H2,1-4H3;10H,6-9H2,1-5H3;2-7H,1H3;8H,4-7H2,1-3H3,(H,13,14);3H,1-2H3. The van der Waals surface area contributed by atoms with Gasteiger partial charge >= 0.3 is 24.2 Å². The van der Waals surface area contributed by atoms with Gasteiger partial charge in [0.05, 0.1) is 26.1 Å². The Bertz CT molecular complexity index is 2550. The summed E-state index contributed by atoms with van der Waals surface area (Å²) in [6.45, 7) is 23.6. The fourth-order valence-electron chi connectivity index (χ4n) is 8.46. The summed E-state index contributed by atoms with van der Waals surface area (Å²) in [6, 6.07) is 24.9. The van der Waals surface area contributed by atoms with Crippen LogP contribution in [0.25, 0.3) is 21.5 Å². The minimum atomic E-state index is -0.840. The molecule has 3 fully saturated rings. The van der Waals surface area contributed by atoms with Crippen molar-refractivity contribution >= 4 is 73.4 Å². The lowest BCUT2D eigenvalue weighted by atomic mass is 9.89. The number of aliphatic carboxylic acids is 1. The van der Waals surface area contributed by atoms with Crippen molar-refractivity contribution < 1.29 is 57.8 Å². The number of halogens is 1. The van der Waals surface area contributed by atoms with Crippen LogP contribution in [0.3, 0.4) is 0 Å². The van der Waals surface area contributed by atoms with Gasteiger partial charge in [-0.25, -0.2) is 24.9 Å². The molecule has 0 aromatic heterocycles. The highest BCUT2D eigenvalue weighted by Gasteiger charge is 2.34. The minimum Gasteiger partial charge on any atom is -0.481 e. The van der Waals surface area contributed by atoms with E-state index in [1.807, 2.05) is 59.7 Å². The van der Waals surface area contributed by atoms with Gasteiger partial charge in [-0.2, -0.15) is 0 Å². The number of piperidine rings is 3. The number of hydroxylamine groups is 3. The Balaban J connectivity index is 0.000000273. The van der Waals surface area contributed by atoms with Crippen LogP contribution in [0.1, 0.15) is 122 Å². The zero-order chi connectivity index (χ0) is 57.8. The van der Waals surface area contributed by atoms with Crippen LogP contribution in [-0.4, -0.2) is 145 Å². The Kier molecular flexibility index (Phi) is 25.8. The molecule has 3 unspecified atom stereocenters. The van der Waals surface area contributed by atoms with Crippen LogP contribution in [0.5, 0.6) is 0 Å². The van der Waals surface area contributed by atoms with Crippen molar-refractivity contribution in [1.29, 1.82) is 0 Å². The molecule has 17 nitrogen and oxygen atoms in total. The third kappa shape index (κ3) is 23.4. The summed E-state index contributed by atoms with van der Waals surface area (Å²) in [6.07, 6.45) is 3.45. The zero-order valence-electron chi connectivity index (χ0n) is 48.3. The average Bonchev–Trinajstić information content (AvgIpc) is 3.37. The largest absolute Gasteiger partial charge is 0.481 e. The van der Waals surface area contributed by atoms with E-state index >= 15 is 0 Å². The lowest BCUT2D eigenvalue weighted by Gasteiger charge is -2.34. The molecule has 77 heavy (non-hydrogen) atoms. The molecule has 4 aromatic carbocycles. The number of ether oxygens (including phenoxy) is 3. The Morgan fingerprint density at radius 3 is 1.35 bits per heavy atom. The number of hydrogen-bond acceptors (Lipinski definition) is 12. The molecule has 0 radical (unpaired) electrons. The number of carbonyl (C=O) groups excluding carboxylic acids is 5. The van der Waals surface area contributed by atoms with Gasteiger partial charge in [0.1, 0.15) is 16.8 Å². The summed E-state index contributed by atoms with van der Waals surface area (Å²) in [5.74, 6) is -1.67. The molecule has 0 aliphatic carbocycles. The van der Waals surface area contributed by atoms with Crippen molar-refractivity contribution in [2.75, 3.05) is 67.6 Å². The average molecular weight is 1140 g/mol.